The van der Waals surface area contributed by atoms with E-state index in [1.165, 1.54) is 5.56 Å². The van der Waals surface area contributed by atoms with Crippen LogP contribution in [0.3, 0.4) is 0 Å². The highest BCUT2D eigenvalue weighted by Crippen LogP contribution is 2.38. The average molecular weight is 499 g/mol. The lowest BCUT2D eigenvalue weighted by Crippen LogP contribution is -2.45. The van der Waals surface area contributed by atoms with Crippen molar-refractivity contribution in [3.05, 3.63) is 111 Å². The third-order valence-electron chi connectivity index (χ3n) is 6.79. The van der Waals surface area contributed by atoms with Crippen molar-refractivity contribution in [2.75, 3.05) is 0 Å². The molecule has 0 aliphatic carbocycles. The Labute approximate surface area is 215 Å². The molecule has 36 heavy (non-hydrogen) atoms. The number of nitrogens with one attached hydrogen (secondary N) is 1. The van der Waals surface area contributed by atoms with Crippen molar-refractivity contribution in [2.45, 2.75) is 40.3 Å². The zero-order chi connectivity index (χ0) is 25.4. The summed E-state index contributed by atoms with van der Waals surface area (Å²) in [6.45, 7) is 8.55. The van der Waals surface area contributed by atoms with Gasteiger partial charge in [0.15, 0.2) is 0 Å². The molecular weight excluding hydrogens is 472 g/mol. The van der Waals surface area contributed by atoms with Crippen molar-refractivity contribution < 1.29 is 9.32 Å². The fourth-order valence-corrected chi connectivity index (χ4v) is 4.67. The molecule has 0 radical (unpaired) electrons. The third kappa shape index (κ3) is 4.52. The Hall–Kier alpha value is -3.90. The third-order valence-corrected chi connectivity index (χ3v) is 7.02. The predicted octanol–water partition coefficient (Wildman–Crippen LogP) is 7.01. The maximum Gasteiger partial charge on any atom is 0.322 e. The molecule has 3 aromatic carbocycles. The Balaban J connectivity index is 1.62. The van der Waals surface area contributed by atoms with Gasteiger partial charge in [0.2, 0.25) is 5.82 Å². The first-order valence-corrected chi connectivity index (χ1v) is 12.2. The van der Waals surface area contributed by atoms with Crippen molar-refractivity contribution in [1.82, 2.24) is 20.4 Å². The van der Waals surface area contributed by atoms with E-state index in [4.69, 9.17) is 21.1 Å². The van der Waals surface area contributed by atoms with Gasteiger partial charge in [0.05, 0.1) is 18.2 Å². The maximum absolute atomic E-state index is 13.4. The van der Waals surface area contributed by atoms with E-state index in [0.717, 1.165) is 39.1 Å². The standard InChI is InChI=1S/C29H27ClN4O2/c1-17-12-13-21(14-19(17)3)26-25(28-32-27(33-36-28)22-10-7-11-24(30)15-22)20(4)34(29(35)31-26)16-23-9-6-5-8-18(23)2/h5-15,26H,16H2,1-4H3,(H,31,35). The highest BCUT2D eigenvalue weighted by Gasteiger charge is 2.36. The molecule has 6 nitrogen and oxygen atoms in total. The quantitative estimate of drug-likeness (QED) is 0.321. The van der Waals surface area contributed by atoms with Crippen LogP contribution in [0.25, 0.3) is 17.0 Å². The molecule has 2 heterocycles. The normalized spacial score (nSPS) is 15.9. The number of carbonyl (C=O) groups excluding carboxylic acids is 1. The summed E-state index contributed by atoms with van der Waals surface area (Å²) in [5.74, 6) is 0.800. The van der Waals surface area contributed by atoms with Crippen LogP contribution in [-0.2, 0) is 6.54 Å². The Morgan fingerprint density at radius 2 is 1.75 bits per heavy atom. The number of halogens is 1. The van der Waals surface area contributed by atoms with E-state index < -0.39 is 6.04 Å². The SMILES string of the molecule is CC1=C(c2nc(-c3cccc(Cl)c3)no2)C(c2ccc(C)c(C)c2)NC(=O)N1Cc1ccccc1C. The van der Waals surface area contributed by atoms with E-state index in [1.807, 2.05) is 56.3 Å². The summed E-state index contributed by atoms with van der Waals surface area (Å²) >= 11 is 6.18. The van der Waals surface area contributed by atoms with Crippen molar-refractivity contribution in [1.29, 1.82) is 0 Å². The second-order valence-corrected chi connectivity index (χ2v) is 9.61. The molecule has 1 aliphatic heterocycles. The number of allylic oxidation sites excluding steroid dienone is 1. The molecule has 0 fully saturated rings. The summed E-state index contributed by atoms with van der Waals surface area (Å²) in [4.78, 5) is 19.9. The second kappa shape index (κ2) is 9.63. The molecule has 1 atom stereocenters. The molecule has 1 unspecified atom stereocenters. The molecule has 182 valence electrons. The first-order valence-electron chi connectivity index (χ1n) is 11.8. The van der Waals surface area contributed by atoms with Crippen molar-refractivity contribution in [2.24, 2.45) is 0 Å². The van der Waals surface area contributed by atoms with Crippen LogP contribution >= 0.6 is 11.6 Å². The Morgan fingerprint density at radius 3 is 2.50 bits per heavy atom. The van der Waals surface area contributed by atoms with E-state index in [9.17, 15) is 4.79 Å². The van der Waals surface area contributed by atoms with Gasteiger partial charge in [-0.1, -0.05) is 71.4 Å². The van der Waals surface area contributed by atoms with Gasteiger partial charge in [-0.15, -0.1) is 0 Å². The predicted molar refractivity (Wildman–Crippen MR) is 141 cm³/mol. The number of rotatable bonds is 5. The second-order valence-electron chi connectivity index (χ2n) is 9.17. The van der Waals surface area contributed by atoms with Gasteiger partial charge in [0.25, 0.3) is 5.89 Å². The number of hydrogen-bond acceptors (Lipinski definition) is 4. The summed E-state index contributed by atoms with van der Waals surface area (Å²) in [6, 6.07) is 21.0. The first-order chi connectivity index (χ1) is 17.3. The zero-order valence-electron chi connectivity index (χ0n) is 20.7. The molecule has 1 aromatic heterocycles. The van der Waals surface area contributed by atoms with E-state index in [1.54, 1.807) is 17.0 Å². The molecule has 5 rings (SSSR count). The summed E-state index contributed by atoms with van der Waals surface area (Å²) in [5.41, 5.74) is 7.78. The summed E-state index contributed by atoms with van der Waals surface area (Å²) in [6.07, 6.45) is 0. The molecule has 7 heteroatoms. The fraction of sp³-hybridized carbons (Fsp3) is 0.207. The van der Waals surface area contributed by atoms with Crippen molar-refractivity contribution >= 4 is 23.2 Å². The van der Waals surface area contributed by atoms with Crippen molar-refractivity contribution in [3.63, 3.8) is 0 Å². The van der Waals surface area contributed by atoms with Crippen LogP contribution < -0.4 is 5.32 Å². The monoisotopic (exact) mass is 498 g/mol. The number of benzene rings is 3. The minimum absolute atomic E-state index is 0.169. The summed E-state index contributed by atoms with van der Waals surface area (Å²) in [5, 5.41) is 8.01. The van der Waals surface area contributed by atoms with E-state index in [2.05, 4.69) is 36.5 Å². The molecule has 2 amide bonds. The highest BCUT2D eigenvalue weighted by atomic mass is 35.5. The lowest BCUT2D eigenvalue weighted by molar-refractivity contribution is 0.203. The van der Waals surface area contributed by atoms with Crippen LogP contribution in [0.5, 0.6) is 0 Å². The number of carbonyl (C=O) groups is 1. The Kier molecular flexibility index (Phi) is 6.37. The van der Waals surface area contributed by atoms with Gasteiger partial charge in [-0.05, 0) is 67.6 Å². The number of hydrogen-bond donors (Lipinski definition) is 1. The van der Waals surface area contributed by atoms with Gasteiger partial charge in [-0.3, -0.25) is 4.90 Å². The first kappa shape index (κ1) is 23.8. The van der Waals surface area contributed by atoms with E-state index in [-0.39, 0.29) is 6.03 Å². The zero-order valence-corrected chi connectivity index (χ0v) is 21.4. The minimum Gasteiger partial charge on any atom is -0.334 e. The van der Waals surface area contributed by atoms with Crippen LogP contribution in [-0.4, -0.2) is 21.1 Å². The molecule has 0 bridgehead atoms. The van der Waals surface area contributed by atoms with Gasteiger partial charge in [-0.2, -0.15) is 4.98 Å². The molecule has 0 saturated carbocycles. The number of amides is 2. The summed E-state index contributed by atoms with van der Waals surface area (Å²) < 4.78 is 5.79. The minimum atomic E-state index is -0.433. The van der Waals surface area contributed by atoms with E-state index in [0.29, 0.717) is 23.3 Å². The number of aromatic nitrogens is 2. The summed E-state index contributed by atoms with van der Waals surface area (Å²) in [7, 11) is 0. The smallest absolute Gasteiger partial charge is 0.322 e. The molecule has 4 aromatic rings. The number of urea groups is 1. The van der Waals surface area contributed by atoms with Gasteiger partial charge in [0, 0.05) is 16.3 Å². The highest BCUT2D eigenvalue weighted by molar-refractivity contribution is 6.30. The average Bonchev–Trinajstić information content (AvgIpc) is 3.34. The Morgan fingerprint density at radius 1 is 0.944 bits per heavy atom. The molecule has 1 aliphatic rings. The van der Waals surface area contributed by atoms with E-state index >= 15 is 0 Å². The van der Waals surface area contributed by atoms with Crippen molar-refractivity contribution in [3.8, 4) is 11.4 Å². The molecule has 0 saturated heterocycles. The molecule has 1 N–H and O–H groups in total. The molecular formula is C29H27ClN4O2. The van der Waals surface area contributed by atoms with Crippen LogP contribution in [0.1, 0.15) is 46.7 Å². The van der Waals surface area contributed by atoms with Gasteiger partial charge in [-0.25, -0.2) is 4.79 Å². The van der Waals surface area contributed by atoms with Gasteiger partial charge < -0.3 is 9.84 Å². The van der Waals surface area contributed by atoms with Gasteiger partial charge >= 0.3 is 6.03 Å². The van der Waals surface area contributed by atoms with Crippen LogP contribution in [0.2, 0.25) is 5.02 Å². The number of nitrogens with zero attached hydrogens (tertiary/aromatic N) is 3. The van der Waals surface area contributed by atoms with Crippen LogP contribution in [0, 0.1) is 20.8 Å². The van der Waals surface area contributed by atoms with Crippen LogP contribution in [0.4, 0.5) is 4.79 Å². The Bertz CT molecular complexity index is 1490. The largest absolute Gasteiger partial charge is 0.334 e. The number of aryl methyl sites for hydroxylation is 3. The molecule has 0 spiro atoms. The maximum atomic E-state index is 13.4. The lowest BCUT2D eigenvalue weighted by Gasteiger charge is -2.35. The topological polar surface area (TPSA) is 71.3 Å². The van der Waals surface area contributed by atoms with Crippen LogP contribution in [0.15, 0.2) is 77.0 Å². The van der Waals surface area contributed by atoms with Gasteiger partial charge in [0.1, 0.15) is 0 Å². The lowest BCUT2D eigenvalue weighted by atomic mass is 9.92. The fourth-order valence-electron chi connectivity index (χ4n) is 4.48.